The number of hydrogen-bond acceptors (Lipinski definition) is 4. The first-order valence-corrected chi connectivity index (χ1v) is 5.77. The van der Waals surface area contributed by atoms with Crippen LogP contribution in [0.3, 0.4) is 0 Å². The Morgan fingerprint density at radius 3 is 3.06 bits per heavy atom. The maximum absolute atomic E-state index is 11.4. The zero-order chi connectivity index (χ0) is 13.0. The van der Waals surface area contributed by atoms with Crippen LogP contribution in [0.15, 0.2) is 24.4 Å². The molecule has 0 spiro atoms. The van der Waals surface area contributed by atoms with E-state index in [0.717, 1.165) is 5.69 Å². The second kappa shape index (κ2) is 5.59. The minimum atomic E-state index is -0.859. The van der Waals surface area contributed by atoms with Gasteiger partial charge in [0.2, 0.25) is 5.91 Å². The van der Waals surface area contributed by atoms with E-state index in [-0.39, 0.29) is 24.9 Å². The molecule has 1 fully saturated rings. The number of carbonyl (C=O) groups excluding carboxylic acids is 1. The Morgan fingerprint density at radius 1 is 1.56 bits per heavy atom. The van der Waals surface area contributed by atoms with E-state index in [2.05, 4.69) is 10.3 Å². The van der Waals surface area contributed by atoms with Crippen LogP contribution in [0.2, 0.25) is 0 Å². The smallest absolute Gasteiger partial charge is 0.305 e. The largest absolute Gasteiger partial charge is 0.481 e. The summed E-state index contributed by atoms with van der Waals surface area (Å²) in [5.41, 5.74) is 0.836. The quantitative estimate of drug-likeness (QED) is 0.776. The van der Waals surface area contributed by atoms with Gasteiger partial charge in [0.1, 0.15) is 0 Å². The molecule has 1 aliphatic rings. The van der Waals surface area contributed by atoms with Crippen molar-refractivity contribution in [2.24, 2.45) is 0 Å². The van der Waals surface area contributed by atoms with Gasteiger partial charge in [-0.3, -0.25) is 19.5 Å². The third-order valence-corrected chi connectivity index (χ3v) is 2.90. The molecular weight excluding hydrogens is 234 g/mol. The van der Waals surface area contributed by atoms with Crippen LogP contribution in [0.25, 0.3) is 0 Å². The maximum atomic E-state index is 11.4. The van der Waals surface area contributed by atoms with Gasteiger partial charge < -0.3 is 10.4 Å². The molecule has 1 atom stereocenters. The summed E-state index contributed by atoms with van der Waals surface area (Å²) in [5.74, 6) is -0.935. The maximum Gasteiger partial charge on any atom is 0.305 e. The Morgan fingerprint density at radius 2 is 2.39 bits per heavy atom. The minimum absolute atomic E-state index is 0.0209. The summed E-state index contributed by atoms with van der Waals surface area (Å²) in [6, 6.07) is 5.38. The Balaban J connectivity index is 2.05. The molecule has 1 aromatic rings. The van der Waals surface area contributed by atoms with Gasteiger partial charge in [0.05, 0.1) is 18.7 Å². The van der Waals surface area contributed by atoms with E-state index in [1.165, 1.54) is 0 Å². The molecule has 1 amide bonds. The van der Waals surface area contributed by atoms with Gasteiger partial charge in [-0.15, -0.1) is 0 Å². The summed E-state index contributed by atoms with van der Waals surface area (Å²) >= 11 is 0. The van der Waals surface area contributed by atoms with Gasteiger partial charge in [0.25, 0.3) is 0 Å². The first-order valence-electron chi connectivity index (χ1n) is 5.77. The van der Waals surface area contributed by atoms with Crippen molar-refractivity contribution in [3.8, 4) is 0 Å². The number of piperazine rings is 1. The summed E-state index contributed by atoms with van der Waals surface area (Å²) < 4.78 is 0. The van der Waals surface area contributed by atoms with Gasteiger partial charge in [0.15, 0.2) is 0 Å². The molecule has 1 aliphatic heterocycles. The third kappa shape index (κ3) is 3.27. The van der Waals surface area contributed by atoms with E-state index in [9.17, 15) is 9.59 Å². The molecule has 1 aromatic heterocycles. The van der Waals surface area contributed by atoms with E-state index in [1.54, 1.807) is 6.20 Å². The van der Waals surface area contributed by atoms with Gasteiger partial charge in [-0.1, -0.05) is 6.07 Å². The molecule has 18 heavy (non-hydrogen) atoms. The lowest BCUT2D eigenvalue weighted by Gasteiger charge is -2.34. The zero-order valence-electron chi connectivity index (χ0n) is 9.87. The van der Waals surface area contributed by atoms with Crippen molar-refractivity contribution in [1.82, 2.24) is 15.2 Å². The lowest BCUT2D eigenvalue weighted by molar-refractivity contribution is -0.140. The summed E-state index contributed by atoms with van der Waals surface area (Å²) in [6.45, 7) is 1.08. The topological polar surface area (TPSA) is 82.5 Å². The fourth-order valence-corrected chi connectivity index (χ4v) is 2.02. The predicted octanol–water partition coefficient (Wildman–Crippen LogP) is -0.143. The number of hydrogen-bond donors (Lipinski definition) is 2. The van der Waals surface area contributed by atoms with Crippen LogP contribution in [-0.4, -0.2) is 46.0 Å². The van der Waals surface area contributed by atoms with E-state index < -0.39 is 5.97 Å². The molecular formula is C12H15N3O3. The Bertz CT molecular complexity index is 435. The minimum Gasteiger partial charge on any atom is -0.481 e. The molecule has 2 N–H and O–H groups in total. The van der Waals surface area contributed by atoms with Gasteiger partial charge in [0, 0.05) is 25.3 Å². The Kier molecular flexibility index (Phi) is 3.88. The normalized spacial score (nSPS) is 20.4. The number of amides is 1. The van der Waals surface area contributed by atoms with Crippen LogP contribution in [0.1, 0.15) is 12.1 Å². The van der Waals surface area contributed by atoms with Crippen molar-refractivity contribution < 1.29 is 14.7 Å². The molecule has 6 nitrogen and oxygen atoms in total. The van der Waals surface area contributed by atoms with E-state index in [0.29, 0.717) is 13.1 Å². The first-order chi connectivity index (χ1) is 8.65. The van der Waals surface area contributed by atoms with Crippen LogP contribution in [0, 0.1) is 0 Å². The highest BCUT2D eigenvalue weighted by molar-refractivity contribution is 5.79. The van der Waals surface area contributed by atoms with Crippen molar-refractivity contribution in [2.45, 2.75) is 19.0 Å². The number of nitrogens with zero attached hydrogens (tertiary/aromatic N) is 2. The molecule has 0 bridgehead atoms. The second-order valence-corrected chi connectivity index (χ2v) is 4.28. The molecule has 2 rings (SSSR count). The van der Waals surface area contributed by atoms with Gasteiger partial charge >= 0.3 is 5.97 Å². The highest BCUT2D eigenvalue weighted by atomic mass is 16.4. The first kappa shape index (κ1) is 12.5. The van der Waals surface area contributed by atoms with Gasteiger partial charge in [-0.05, 0) is 12.1 Å². The van der Waals surface area contributed by atoms with Gasteiger partial charge in [-0.2, -0.15) is 0 Å². The van der Waals surface area contributed by atoms with Crippen molar-refractivity contribution in [3.05, 3.63) is 30.1 Å². The zero-order valence-corrected chi connectivity index (χ0v) is 9.87. The number of carboxylic acids is 1. The summed E-state index contributed by atoms with van der Waals surface area (Å²) in [4.78, 5) is 28.2. The summed E-state index contributed by atoms with van der Waals surface area (Å²) in [5, 5.41) is 11.5. The monoisotopic (exact) mass is 249 g/mol. The molecule has 1 saturated heterocycles. The molecule has 2 heterocycles. The molecule has 0 aliphatic carbocycles. The lowest BCUT2D eigenvalue weighted by atomic mass is 10.1. The number of nitrogens with one attached hydrogen (secondary N) is 1. The third-order valence-electron chi connectivity index (χ3n) is 2.90. The van der Waals surface area contributed by atoms with Crippen LogP contribution >= 0.6 is 0 Å². The van der Waals surface area contributed by atoms with Crippen molar-refractivity contribution in [1.29, 1.82) is 0 Å². The number of aromatic nitrogens is 1. The van der Waals surface area contributed by atoms with Crippen LogP contribution in [0.5, 0.6) is 0 Å². The number of carbonyl (C=O) groups is 2. The predicted molar refractivity (Wildman–Crippen MR) is 63.7 cm³/mol. The Hall–Kier alpha value is -1.95. The average molecular weight is 249 g/mol. The lowest BCUT2D eigenvalue weighted by Crippen LogP contribution is -2.54. The van der Waals surface area contributed by atoms with Gasteiger partial charge in [-0.25, -0.2) is 0 Å². The molecule has 0 radical (unpaired) electrons. The standard InChI is InChI=1S/C12H15N3O3/c16-11-8-15(7-9-3-1-2-4-13-9)10(6-14-11)5-12(17)18/h1-4,10H,5-8H2,(H,14,16)(H,17,18). The van der Waals surface area contributed by atoms with Crippen LogP contribution < -0.4 is 5.32 Å². The SMILES string of the molecule is O=C(O)CC1CNC(=O)CN1Cc1ccccn1. The number of pyridine rings is 1. The summed E-state index contributed by atoms with van der Waals surface area (Å²) in [7, 11) is 0. The second-order valence-electron chi connectivity index (χ2n) is 4.28. The fraction of sp³-hybridized carbons (Fsp3) is 0.417. The molecule has 6 heteroatoms. The van der Waals surface area contributed by atoms with E-state index >= 15 is 0 Å². The number of rotatable bonds is 4. The van der Waals surface area contributed by atoms with Crippen LogP contribution in [0.4, 0.5) is 0 Å². The number of aliphatic carboxylic acids is 1. The van der Waals surface area contributed by atoms with Crippen LogP contribution in [-0.2, 0) is 16.1 Å². The molecule has 1 unspecified atom stereocenters. The number of carboxylic acid groups (broad SMARTS) is 1. The van der Waals surface area contributed by atoms with Crippen molar-refractivity contribution in [2.75, 3.05) is 13.1 Å². The molecule has 0 aromatic carbocycles. The fourth-order valence-electron chi connectivity index (χ4n) is 2.02. The Labute approximate surface area is 105 Å². The summed E-state index contributed by atoms with van der Waals surface area (Å²) in [6.07, 6.45) is 1.71. The highest BCUT2D eigenvalue weighted by Crippen LogP contribution is 2.11. The van der Waals surface area contributed by atoms with Crippen molar-refractivity contribution >= 4 is 11.9 Å². The average Bonchev–Trinajstić information content (AvgIpc) is 2.33. The van der Waals surface area contributed by atoms with Crippen molar-refractivity contribution in [3.63, 3.8) is 0 Å². The molecule has 96 valence electrons. The van der Waals surface area contributed by atoms with E-state index in [4.69, 9.17) is 5.11 Å². The van der Waals surface area contributed by atoms with E-state index in [1.807, 2.05) is 23.1 Å². The molecule has 0 saturated carbocycles. The highest BCUT2D eigenvalue weighted by Gasteiger charge is 2.28.